The molecule has 2 aromatic rings. The highest BCUT2D eigenvalue weighted by Gasteiger charge is 2.32. The summed E-state index contributed by atoms with van der Waals surface area (Å²) in [5.41, 5.74) is 8.58. The fraction of sp³-hybridized carbons (Fsp3) is 0.294. The van der Waals surface area contributed by atoms with Crippen LogP contribution in [-0.4, -0.2) is 6.04 Å². The van der Waals surface area contributed by atoms with Gasteiger partial charge < -0.3 is 0 Å². The molecule has 0 saturated heterocycles. The summed E-state index contributed by atoms with van der Waals surface area (Å²) in [6.07, 6.45) is 2.12. The Morgan fingerprint density at radius 1 is 1.16 bits per heavy atom. The van der Waals surface area contributed by atoms with E-state index >= 15 is 0 Å². The van der Waals surface area contributed by atoms with Crippen molar-refractivity contribution in [2.24, 2.45) is 5.84 Å². The lowest BCUT2D eigenvalue weighted by Gasteiger charge is -2.36. The molecule has 0 heterocycles. The minimum Gasteiger partial charge on any atom is -0.271 e. The van der Waals surface area contributed by atoms with E-state index in [0.717, 1.165) is 12.8 Å². The van der Waals surface area contributed by atoms with Crippen molar-refractivity contribution in [1.29, 1.82) is 0 Å². The summed E-state index contributed by atoms with van der Waals surface area (Å²) >= 11 is 0. The topological polar surface area (TPSA) is 38.0 Å². The summed E-state index contributed by atoms with van der Waals surface area (Å²) in [6.45, 7) is 2.12. The number of nitrogens with one attached hydrogen (secondary N) is 1. The number of hydrogen-bond acceptors (Lipinski definition) is 2. The maximum atomic E-state index is 5.77. The van der Waals surface area contributed by atoms with Crippen LogP contribution in [0.4, 0.5) is 0 Å². The number of hydrazine groups is 1. The standard InChI is InChI=1S/C17H20N2/c1-12-6-8-13(9-7-12)10-17(19-18)16-11-14-4-2-3-5-15(14)16/h2-9,16-17,19H,10-11,18H2,1H3. The van der Waals surface area contributed by atoms with Gasteiger partial charge in [-0.05, 0) is 36.5 Å². The molecule has 3 rings (SSSR count). The van der Waals surface area contributed by atoms with Gasteiger partial charge in [0.15, 0.2) is 0 Å². The molecule has 2 atom stereocenters. The van der Waals surface area contributed by atoms with E-state index in [0.29, 0.717) is 12.0 Å². The summed E-state index contributed by atoms with van der Waals surface area (Å²) in [4.78, 5) is 0. The normalized spacial score (nSPS) is 18.5. The van der Waals surface area contributed by atoms with Crippen LogP contribution in [0.1, 0.15) is 28.2 Å². The lowest BCUT2D eigenvalue weighted by atomic mass is 9.72. The zero-order valence-electron chi connectivity index (χ0n) is 11.3. The molecule has 3 N–H and O–H groups in total. The smallest absolute Gasteiger partial charge is 0.0322 e. The van der Waals surface area contributed by atoms with Gasteiger partial charge in [0.1, 0.15) is 0 Å². The third-order valence-corrected chi connectivity index (χ3v) is 4.17. The number of rotatable bonds is 4. The van der Waals surface area contributed by atoms with Crippen molar-refractivity contribution >= 4 is 0 Å². The summed E-state index contributed by atoms with van der Waals surface area (Å²) in [5, 5.41) is 0. The fourth-order valence-corrected chi connectivity index (χ4v) is 2.95. The van der Waals surface area contributed by atoms with Crippen molar-refractivity contribution in [2.75, 3.05) is 0 Å². The van der Waals surface area contributed by atoms with Crippen LogP contribution < -0.4 is 11.3 Å². The van der Waals surface area contributed by atoms with E-state index in [9.17, 15) is 0 Å². The Balaban J connectivity index is 1.74. The monoisotopic (exact) mass is 252 g/mol. The van der Waals surface area contributed by atoms with Crippen LogP contribution in [0, 0.1) is 6.92 Å². The maximum absolute atomic E-state index is 5.77. The molecular weight excluding hydrogens is 232 g/mol. The molecule has 0 radical (unpaired) electrons. The van der Waals surface area contributed by atoms with Gasteiger partial charge in [-0.15, -0.1) is 0 Å². The van der Waals surface area contributed by atoms with Gasteiger partial charge in [0.2, 0.25) is 0 Å². The van der Waals surface area contributed by atoms with Gasteiger partial charge in [-0.3, -0.25) is 11.3 Å². The molecule has 0 amide bonds. The molecule has 0 fully saturated rings. The van der Waals surface area contributed by atoms with Crippen LogP contribution in [0.25, 0.3) is 0 Å². The molecule has 2 aromatic carbocycles. The van der Waals surface area contributed by atoms with Crippen LogP contribution in [0.15, 0.2) is 48.5 Å². The number of benzene rings is 2. The van der Waals surface area contributed by atoms with E-state index in [4.69, 9.17) is 5.84 Å². The van der Waals surface area contributed by atoms with E-state index in [1.807, 2.05) is 0 Å². The highest BCUT2D eigenvalue weighted by molar-refractivity contribution is 5.41. The first-order valence-corrected chi connectivity index (χ1v) is 6.87. The van der Waals surface area contributed by atoms with Crippen LogP contribution in [-0.2, 0) is 12.8 Å². The Morgan fingerprint density at radius 2 is 1.89 bits per heavy atom. The molecule has 19 heavy (non-hydrogen) atoms. The molecule has 0 spiro atoms. The van der Waals surface area contributed by atoms with Gasteiger partial charge in [0.25, 0.3) is 0 Å². The Hall–Kier alpha value is -1.64. The van der Waals surface area contributed by atoms with Crippen LogP contribution in [0.3, 0.4) is 0 Å². The molecule has 1 aliphatic carbocycles. The van der Waals surface area contributed by atoms with E-state index in [-0.39, 0.29) is 0 Å². The minimum atomic E-state index is 0.317. The Morgan fingerprint density at radius 3 is 2.58 bits per heavy atom. The van der Waals surface area contributed by atoms with Crippen LogP contribution in [0.2, 0.25) is 0 Å². The highest BCUT2D eigenvalue weighted by Crippen LogP contribution is 2.37. The lowest BCUT2D eigenvalue weighted by molar-refractivity contribution is 0.404. The third-order valence-electron chi connectivity index (χ3n) is 4.17. The average Bonchev–Trinajstić information content (AvgIpc) is 2.41. The average molecular weight is 252 g/mol. The van der Waals surface area contributed by atoms with Gasteiger partial charge >= 0.3 is 0 Å². The molecule has 0 aliphatic heterocycles. The molecule has 2 nitrogen and oxygen atoms in total. The Kier molecular flexibility index (Phi) is 3.36. The minimum absolute atomic E-state index is 0.317. The summed E-state index contributed by atoms with van der Waals surface area (Å²) in [7, 11) is 0. The Labute approximate surface area is 114 Å². The van der Waals surface area contributed by atoms with Crippen molar-refractivity contribution in [3.8, 4) is 0 Å². The number of aryl methyl sites for hydroxylation is 1. The molecule has 2 heteroatoms. The zero-order valence-corrected chi connectivity index (χ0v) is 11.3. The van der Waals surface area contributed by atoms with Crippen LogP contribution >= 0.6 is 0 Å². The van der Waals surface area contributed by atoms with E-state index in [2.05, 4.69) is 60.9 Å². The molecular formula is C17H20N2. The van der Waals surface area contributed by atoms with Gasteiger partial charge in [-0.25, -0.2) is 0 Å². The van der Waals surface area contributed by atoms with Crippen molar-refractivity contribution in [1.82, 2.24) is 5.43 Å². The summed E-state index contributed by atoms with van der Waals surface area (Å²) < 4.78 is 0. The molecule has 0 aromatic heterocycles. The summed E-state index contributed by atoms with van der Waals surface area (Å²) in [6, 6.07) is 17.7. The molecule has 1 aliphatic rings. The first-order valence-electron chi connectivity index (χ1n) is 6.87. The van der Waals surface area contributed by atoms with Crippen LogP contribution in [0.5, 0.6) is 0 Å². The second-order valence-electron chi connectivity index (χ2n) is 5.47. The van der Waals surface area contributed by atoms with E-state index in [1.165, 1.54) is 22.3 Å². The van der Waals surface area contributed by atoms with Crippen molar-refractivity contribution in [2.45, 2.75) is 31.7 Å². The van der Waals surface area contributed by atoms with E-state index < -0.39 is 0 Å². The van der Waals surface area contributed by atoms with Crippen molar-refractivity contribution in [3.05, 3.63) is 70.8 Å². The number of nitrogens with two attached hydrogens (primary N) is 1. The van der Waals surface area contributed by atoms with Crippen molar-refractivity contribution in [3.63, 3.8) is 0 Å². The Bertz CT molecular complexity index is 560. The van der Waals surface area contributed by atoms with Crippen molar-refractivity contribution < 1.29 is 0 Å². The largest absolute Gasteiger partial charge is 0.271 e. The zero-order chi connectivity index (χ0) is 13.2. The lowest BCUT2D eigenvalue weighted by Crippen LogP contribution is -2.45. The highest BCUT2D eigenvalue weighted by atomic mass is 15.2. The third kappa shape index (κ3) is 2.42. The van der Waals surface area contributed by atoms with E-state index in [1.54, 1.807) is 0 Å². The SMILES string of the molecule is Cc1ccc(CC(NN)C2Cc3ccccc32)cc1. The molecule has 2 unspecified atom stereocenters. The first kappa shape index (κ1) is 12.4. The van der Waals surface area contributed by atoms with Gasteiger partial charge in [0, 0.05) is 12.0 Å². The predicted octanol–water partition coefficient (Wildman–Crippen LogP) is 2.71. The quantitative estimate of drug-likeness (QED) is 0.648. The van der Waals surface area contributed by atoms with Gasteiger partial charge in [-0.1, -0.05) is 54.1 Å². The summed E-state index contributed by atoms with van der Waals surface area (Å²) in [5.74, 6) is 6.31. The second kappa shape index (κ2) is 5.16. The van der Waals surface area contributed by atoms with Gasteiger partial charge in [-0.2, -0.15) is 0 Å². The molecule has 0 bridgehead atoms. The molecule has 98 valence electrons. The predicted molar refractivity (Wildman–Crippen MR) is 78.9 cm³/mol. The molecule has 0 saturated carbocycles. The number of fused-ring (bicyclic) bond motifs is 1. The maximum Gasteiger partial charge on any atom is 0.0322 e. The fourth-order valence-electron chi connectivity index (χ4n) is 2.95. The first-order chi connectivity index (χ1) is 9.28. The van der Waals surface area contributed by atoms with Gasteiger partial charge in [0.05, 0.1) is 0 Å². The second-order valence-corrected chi connectivity index (χ2v) is 5.47. The number of hydrogen-bond donors (Lipinski definition) is 2.